The molecule has 2 aromatic rings. The van der Waals surface area contributed by atoms with E-state index in [4.69, 9.17) is 23.2 Å². The molecule has 0 saturated carbocycles. The van der Waals surface area contributed by atoms with E-state index >= 15 is 0 Å². The zero-order chi connectivity index (χ0) is 13.8. The van der Waals surface area contributed by atoms with Gasteiger partial charge < -0.3 is 5.32 Å². The summed E-state index contributed by atoms with van der Waals surface area (Å²) in [6, 6.07) is 3.89. The van der Waals surface area contributed by atoms with Crippen LogP contribution in [0.5, 0.6) is 0 Å². The molecule has 1 unspecified atom stereocenters. The molecule has 5 heteroatoms. The number of rotatable bonds is 5. The van der Waals surface area contributed by atoms with E-state index in [1.165, 1.54) is 10.4 Å². The lowest BCUT2D eigenvalue weighted by Crippen LogP contribution is -2.24. The third-order valence-electron chi connectivity index (χ3n) is 2.92. The molecule has 0 fully saturated rings. The van der Waals surface area contributed by atoms with Crippen LogP contribution in [-0.4, -0.2) is 11.5 Å². The highest BCUT2D eigenvalue weighted by Crippen LogP contribution is 2.31. The number of hydrogen-bond donors (Lipinski definition) is 1. The van der Waals surface area contributed by atoms with Gasteiger partial charge in [0.25, 0.3) is 0 Å². The molecule has 2 aromatic heterocycles. The van der Waals surface area contributed by atoms with Crippen molar-refractivity contribution in [1.82, 2.24) is 10.3 Å². The van der Waals surface area contributed by atoms with Gasteiger partial charge in [0.1, 0.15) is 0 Å². The van der Waals surface area contributed by atoms with Crippen molar-refractivity contribution >= 4 is 34.5 Å². The largest absolute Gasteiger partial charge is 0.305 e. The van der Waals surface area contributed by atoms with E-state index in [0.717, 1.165) is 18.7 Å². The molecular weight excluding hydrogens is 299 g/mol. The molecule has 19 heavy (non-hydrogen) atoms. The topological polar surface area (TPSA) is 24.9 Å². The molecule has 2 nitrogen and oxygen atoms in total. The molecule has 0 bridgehead atoms. The first-order chi connectivity index (χ1) is 9.13. The molecule has 0 aliphatic heterocycles. The molecule has 0 amide bonds. The molecule has 2 heterocycles. The molecular formula is C14H16Cl2N2S. The Morgan fingerprint density at radius 2 is 2.21 bits per heavy atom. The number of nitrogens with zero attached hydrogens (tertiary/aromatic N) is 1. The summed E-state index contributed by atoms with van der Waals surface area (Å²) in [5, 5.41) is 6.76. The summed E-state index contributed by atoms with van der Waals surface area (Å²) >= 11 is 13.9. The molecule has 0 radical (unpaired) electrons. The second kappa shape index (κ2) is 6.71. The molecule has 0 aliphatic rings. The standard InChI is InChI=1S/C14H16Cl2N2S/c1-3-5-17-13(11-4-6-19-9(11)2)14-12(16)7-10(15)8-18-14/h4,6-8,13,17H,3,5H2,1-2H3. The molecule has 1 atom stereocenters. The van der Waals surface area contributed by atoms with Crippen molar-refractivity contribution in [2.75, 3.05) is 6.54 Å². The number of hydrogen-bond acceptors (Lipinski definition) is 3. The minimum Gasteiger partial charge on any atom is -0.305 e. The number of halogens is 2. The monoisotopic (exact) mass is 314 g/mol. The van der Waals surface area contributed by atoms with E-state index in [0.29, 0.717) is 10.0 Å². The van der Waals surface area contributed by atoms with Gasteiger partial charge in [0, 0.05) is 11.1 Å². The van der Waals surface area contributed by atoms with Crippen LogP contribution in [0.15, 0.2) is 23.7 Å². The van der Waals surface area contributed by atoms with Crippen LogP contribution in [0.1, 0.15) is 35.5 Å². The van der Waals surface area contributed by atoms with Gasteiger partial charge in [0.05, 0.1) is 21.8 Å². The number of pyridine rings is 1. The van der Waals surface area contributed by atoms with Crippen molar-refractivity contribution in [3.63, 3.8) is 0 Å². The minimum absolute atomic E-state index is 0.0240. The third kappa shape index (κ3) is 3.48. The maximum atomic E-state index is 6.29. The second-order valence-electron chi connectivity index (χ2n) is 4.34. The van der Waals surface area contributed by atoms with E-state index in [9.17, 15) is 0 Å². The van der Waals surface area contributed by atoms with Gasteiger partial charge in [-0.15, -0.1) is 11.3 Å². The Morgan fingerprint density at radius 1 is 1.42 bits per heavy atom. The average Bonchev–Trinajstić information content (AvgIpc) is 2.78. The van der Waals surface area contributed by atoms with Gasteiger partial charge in [-0.3, -0.25) is 4.98 Å². The number of nitrogens with one attached hydrogen (secondary N) is 1. The molecule has 0 spiro atoms. The van der Waals surface area contributed by atoms with Crippen LogP contribution in [0.2, 0.25) is 10.0 Å². The highest BCUT2D eigenvalue weighted by Gasteiger charge is 2.20. The van der Waals surface area contributed by atoms with Gasteiger partial charge >= 0.3 is 0 Å². The number of aromatic nitrogens is 1. The van der Waals surface area contributed by atoms with Crippen molar-refractivity contribution < 1.29 is 0 Å². The Kier molecular flexibility index (Phi) is 5.22. The maximum Gasteiger partial charge on any atom is 0.0805 e. The minimum atomic E-state index is 0.0240. The fourth-order valence-electron chi connectivity index (χ4n) is 1.97. The predicted molar refractivity (Wildman–Crippen MR) is 83.4 cm³/mol. The first-order valence-electron chi connectivity index (χ1n) is 6.21. The summed E-state index contributed by atoms with van der Waals surface area (Å²) in [6.45, 7) is 5.17. The van der Waals surface area contributed by atoms with Gasteiger partial charge in [0.15, 0.2) is 0 Å². The van der Waals surface area contributed by atoms with E-state index in [1.54, 1.807) is 23.6 Å². The fraction of sp³-hybridized carbons (Fsp3) is 0.357. The normalized spacial score (nSPS) is 12.6. The van der Waals surface area contributed by atoms with Crippen molar-refractivity contribution in [2.45, 2.75) is 26.3 Å². The van der Waals surface area contributed by atoms with Crippen LogP contribution in [0.25, 0.3) is 0 Å². The van der Waals surface area contributed by atoms with Crippen LogP contribution in [0.4, 0.5) is 0 Å². The summed E-state index contributed by atoms with van der Waals surface area (Å²) in [6.07, 6.45) is 2.70. The lowest BCUT2D eigenvalue weighted by atomic mass is 10.0. The maximum absolute atomic E-state index is 6.29. The molecule has 2 rings (SSSR count). The fourth-order valence-corrected chi connectivity index (χ4v) is 3.20. The van der Waals surface area contributed by atoms with Gasteiger partial charge in [-0.2, -0.15) is 0 Å². The molecule has 0 saturated heterocycles. The lowest BCUT2D eigenvalue weighted by Gasteiger charge is -2.19. The summed E-state index contributed by atoms with van der Waals surface area (Å²) in [5.74, 6) is 0. The molecule has 102 valence electrons. The highest BCUT2D eigenvalue weighted by molar-refractivity contribution is 7.10. The zero-order valence-corrected chi connectivity index (χ0v) is 13.2. The SMILES string of the molecule is CCCNC(c1ccsc1C)c1ncc(Cl)cc1Cl. The van der Waals surface area contributed by atoms with Crippen molar-refractivity contribution in [3.05, 3.63) is 49.9 Å². The Labute approximate surface area is 127 Å². The van der Waals surface area contributed by atoms with Gasteiger partial charge in [0.2, 0.25) is 0 Å². The first kappa shape index (κ1) is 14.8. The Bertz CT molecular complexity index is 554. The molecule has 1 N–H and O–H groups in total. The van der Waals surface area contributed by atoms with Gasteiger partial charge in [-0.25, -0.2) is 0 Å². The van der Waals surface area contributed by atoms with E-state index in [-0.39, 0.29) is 6.04 Å². The van der Waals surface area contributed by atoms with Crippen molar-refractivity contribution in [2.24, 2.45) is 0 Å². The van der Waals surface area contributed by atoms with Crippen LogP contribution < -0.4 is 5.32 Å². The van der Waals surface area contributed by atoms with Crippen LogP contribution >= 0.6 is 34.5 Å². The summed E-state index contributed by atoms with van der Waals surface area (Å²) < 4.78 is 0. The Hall–Kier alpha value is -0.610. The third-order valence-corrected chi connectivity index (χ3v) is 4.29. The summed E-state index contributed by atoms with van der Waals surface area (Å²) in [4.78, 5) is 5.69. The van der Waals surface area contributed by atoms with Crippen molar-refractivity contribution in [1.29, 1.82) is 0 Å². The zero-order valence-electron chi connectivity index (χ0n) is 10.9. The summed E-state index contributed by atoms with van der Waals surface area (Å²) in [5.41, 5.74) is 2.07. The lowest BCUT2D eigenvalue weighted by molar-refractivity contribution is 0.586. The Balaban J connectivity index is 2.40. The number of thiophene rings is 1. The van der Waals surface area contributed by atoms with Gasteiger partial charge in [-0.05, 0) is 43.0 Å². The number of aryl methyl sites for hydroxylation is 1. The predicted octanol–water partition coefficient (Wildman–Crippen LogP) is 4.85. The van der Waals surface area contributed by atoms with Gasteiger partial charge in [-0.1, -0.05) is 30.1 Å². The van der Waals surface area contributed by atoms with Crippen LogP contribution in [0.3, 0.4) is 0 Å². The second-order valence-corrected chi connectivity index (χ2v) is 6.30. The van der Waals surface area contributed by atoms with E-state index < -0.39 is 0 Å². The first-order valence-corrected chi connectivity index (χ1v) is 7.85. The quantitative estimate of drug-likeness (QED) is 0.853. The highest BCUT2D eigenvalue weighted by atomic mass is 35.5. The average molecular weight is 315 g/mol. The summed E-state index contributed by atoms with van der Waals surface area (Å²) in [7, 11) is 0. The van der Waals surface area contributed by atoms with E-state index in [2.05, 4.69) is 35.6 Å². The Morgan fingerprint density at radius 3 is 2.79 bits per heavy atom. The smallest absolute Gasteiger partial charge is 0.0805 e. The van der Waals surface area contributed by atoms with Crippen molar-refractivity contribution in [3.8, 4) is 0 Å². The van der Waals surface area contributed by atoms with Crippen LogP contribution in [-0.2, 0) is 0 Å². The van der Waals surface area contributed by atoms with E-state index in [1.807, 2.05) is 0 Å². The molecule has 0 aromatic carbocycles. The molecule has 0 aliphatic carbocycles. The van der Waals surface area contributed by atoms with Crippen LogP contribution in [0, 0.1) is 6.92 Å².